The van der Waals surface area contributed by atoms with Gasteiger partial charge in [0.1, 0.15) is 0 Å². The van der Waals surface area contributed by atoms with Gasteiger partial charge in [-0.25, -0.2) is 0 Å². The lowest BCUT2D eigenvalue weighted by atomic mass is 9.85. The third-order valence-electron chi connectivity index (χ3n) is 3.31. The van der Waals surface area contributed by atoms with E-state index < -0.39 is 0 Å². The monoisotopic (exact) mass is 278 g/mol. The highest BCUT2D eigenvalue weighted by Crippen LogP contribution is 2.36. The minimum Gasteiger partial charge on any atom is -0.0654 e. The van der Waals surface area contributed by atoms with Gasteiger partial charge in [-0.1, -0.05) is 61.3 Å². The maximum atomic E-state index is 3.71. The Kier molecular flexibility index (Phi) is 3.00. The quantitative estimate of drug-likeness (QED) is 0.671. The fraction of sp³-hybridized carbons (Fsp3) is 0.467. The van der Waals surface area contributed by atoms with E-state index >= 15 is 0 Å². The average molecular weight is 279 g/mol. The minimum absolute atomic E-state index is 0.223. The van der Waals surface area contributed by atoms with Gasteiger partial charge in [-0.15, -0.1) is 0 Å². The van der Waals surface area contributed by atoms with E-state index in [2.05, 4.69) is 61.8 Å². The molecule has 16 heavy (non-hydrogen) atoms. The lowest BCUT2D eigenvalue weighted by Gasteiger charge is -2.20. The molecular formula is C15H19Br. The maximum absolute atomic E-state index is 3.71. The summed E-state index contributed by atoms with van der Waals surface area (Å²) in [6.45, 7) is 9.03. The predicted octanol–water partition coefficient (Wildman–Crippen LogP) is 5.10. The summed E-state index contributed by atoms with van der Waals surface area (Å²) in [5, 5.41) is 0. The highest BCUT2D eigenvalue weighted by Gasteiger charge is 2.20. The Bertz CT molecular complexity index is 447. The minimum atomic E-state index is 0.223. The van der Waals surface area contributed by atoms with Crippen LogP contribution in [0, 0.1) is 0 Å². The van der Waals surface area contributed by atoms with Gasteiger partial charge < -0.3 is 0 Å². The number of benzene rings is 1. The van der Waals surface area contributed by atoms with Crippen molar-refractivity contribution < 1.29 is 0 Å². The Hall–Kier alpha value is -0.560. The van der Waals surface area contributed by atoms with Gasteiger partial charge in [-0.05, 0) is 41.0 Å². The molecule has 0 heterocycles. The number of hydrogen-bond donors (Lipinski definition) is 0. The summed E-state index contributed by atoms with van der Waals surface area (Å²) in [5.41, 5.74) is 6.05. The van der Waals surface area contributed by atoms with Gasteiger partial charge >= 0.3 is 0 Å². The van der Waals surface area contributed by atoms with Gasteiger partial charge in [0.25, 0.3) is 0 Å². The van der Waals surface area contributed by atoms with Crippen molar-refractivity contribution in [3.8, 4) is 0 Å². The Morgan fingerprint density at radius 2 is 1.94 bits per heavy atom. The second kappa shape index (κ2) is 4.03. The molecule has 0 unspecified atom stereocenters. The summed E-state index contributed by atoms with van der Waals surface area (Å²) in [6, 6.07) is 4.63. The van der Waals surface area contributed by atoms with Crippen molar-refractivity contribution in [3.05, 3.63) is 38.9 Å². The molecule has 0 amide bonds. The van der Waals surface area contributed by atoms with Crippen molar-refractivity contribution >= 4 is 22.0 Å². The van der Waals surface area contributed by atoms with Crippen molar-refractivity contribution in [2.75, 3.05) is 0 Å². The van der Waals surface area contributed by atoms with Gasteiger partial charge in [-0.3, -0.25) is 0 Å². The van der Waals surface area contributed by atoms with Gasteiger partial charge in [0, 0.05) is 4.47 Å². The molecule has 0 aromatic heterocycles. The molecule has 1 aromatic carbocycles. The van der Waals surface area contributed by atoms with E-state index in [9.17, 15) is 0 Å². The molecule has 86 valence electrons. The standard InChI is InChI=1S/C15H19Br/c1-5-10-6-11-8-12(15(2,3)4)9-14(16)13(11)7-10/h6,8-9H,5,7H2,1-4H3. The first-order valence-corrected chi connectivity index (χ1v) is 6.73. The molecule has 0 nitrogen and oxygen atoms in total. The number of rotatable bonds is 1. The van der Waals surface area contributed by atoms with Crippen LogP contribution in [0.25, 0.3) is 6.08 Å². The SMILES string of the molecule is CCC1=Cc2cc(C(C)(C)C)cc(Br)c2C1. The Labute approximate surface area is 107 Å². The summed E-state index contributed by atoms with van der Waals surface area (Å²) < 4.78 is 1.27. The van der Waals surface area contributed by atoms with Crippen molar-refractivity contribution in [2.45, 2.75) is 46.0 Å². The second-order valence-corrected chi connectivity index (χ2v) is 6.46. The first kappa shape index (κ1) is 11.9. The molecule has 0 N–H and O–H groups in total. The van der Waals surface area contributed by atoms with Gasteiger partial charge in [0.2, 0.25) is 0 Å². The first-order chi connectivity index (χ1) is 7.41. The van der Waals surface area contributed by atoms with Crippen LogP contribution in [0.1, 0.15) is 50.8 Å². The van der Waals surface area contributed by atoms with Crippen LogP contribution < -0.4 is 0 Å². The van der Waals surface area contributed by atoms with E-state index in [0.717, 1.165) is 12.8 Å². The van der Waals surface area contributed by atoms with Crippen LogP contribution in [0.5, 0.6) is 0 Å². The van der Waals surface area contributed by atoms with E-state index in [1.165, 1.54) is 21.2 Å². The fourth-order valence-electron chi connectivity index (χ4n) is 2.13. The zero-order chi connectivity index (χ0) is 11.9. The number of fused-ring (bicyclic) bond motifs is 1. The van der Waals surface area contributed by atoms with Crippen molar-refractivity contribution in [2.24, 2.45) is 0 Å². The molecule has 0 bridgehead atoms. The number of allylic oxidation sites excluding steroid dienone is 1. The molecule has 0 saturated heterocycles. The number of hydrogen-bond acceptors (Lipinski definition) is 0. The molecule has 1 heteroatoms. The molecule has 0 spiro atoms. The molecule has 2 rings (SSSR count). The summed E-state index contributed by atoms with van der Waals surface area (Å²) >= 11 is 3.71. The van der Waals surface area contributed by atoms with Crippen molar-refractivity contribution in [1.82, 2.24) is 0 Å². The molecule has 0 fully saturated rings. The van der Waals surface area contributed by atoms with Crippen LogP contribution in [-0.4, -0.2) is 0 Å². The maximum Gasteiger partial charge on any atom is 0.0219 e. The highest BCUT2D eigenvalue weighted by atomic mass is 79.9. The van der Waals surface area contributed by atoms with Gasteiger partial charge in [0.15, 0.2) is 0 Å². The lowest BCUT2D eigenvalue weighted by Crippen LogP contribution is -2.11. The molecule has 1 aliphatic carbocycles. The average Bonchev–Trinajstić information content (AvgIpc) is 2.59. The van der Waals surface area contributed by atoms with Gasteiger partial charge in [0.05, 0.1) is 0 Å². The predicted molar refractivity (Wildman–Crippen MR) is 74.8 cm³/mol. The summed E-state index contributed by atoms with van der Waals surface area (Å²) in [5.74, 6) is 0. The fourth-order valence-corrected chi connectivity index (χ4v) is 2.75. The summed E-state index contributed by atoms with van der Waals surface area (Å²) in [4.78, 5) is 0. The topological polar surface area (TPSA) is 0 Å². The number of halogens is 1. The van der Waals surface area contributed by atoms with Crippen molar-refractivity contribution in [3.63, 3.8) is 0 Å². The molecule has 0 atom stereocenters. The van der Waals surface area contributed by atoms with E-state index in [0.29, 0.717) is 0 Å². The third-order valence-corrected chi connectivity index (χ3v) is 4.02. The van der Waals surface area contributed by atoms with E-state index in [-0.39, 0.29) is 5.41 Å². The molecule has 0 saturated carbocycles. The molecule has 0 radical (unpaired) electrons. The zero-order valence-corrected chi connectivity index (χ0v) is 12.1. The smallest absolute Gasteiger partial charge is 0.0219 e. The van der Waals surface area contributed by atoms with Crippen molar-refractivity contribution in [1.29, 1.82) is 0 Å². The van der Waals surface area contributed by atoms with Crippen LogP contribution in [0.4, 0.5) is 0 Å². The summed E-state index contributed by atoms with van der Waals surface area (Å²) in [6.07, 6.45) is 4.64. The Morgan fingerprint density at radius 1 is 1.25 bits per heavy atom. The van der Waals surface area contributed by atoms with E-state index in [1.54, 1.807) is 5.57 Å². The first-order valence-electron chi connectivity index (χ1n) is 5.94. The molecular weight excluding hydrogens is 260 g/mol. The highest BCUT2D eigenvalue weighted by molar-refractivity contribution is 9.10. The Balaban J connectivity index is 2.50. The van der Waals surface area contributed by atoms with Crippen LogP contribution in [0.3, 0.4) is 0 Å². The summed E-state index contributed by atoms with van der Waals surface area (Å²) in [7, 11) is 0. The second-order valence-electron chi connectivity index (χ2n) is 5.61. The molecule has 0 aliphatic heterocycles. The van der Waals surface area contributed by atoms with Crippen LogP contribution >= 0.6 is 15.9 Å². The van der Waals surface area contributed by atoms with Crippen LogP contribution in [0.15, 0.2) is 22.2 Å². The van der Waals surface area contributed by atoms with Crippen LogP contribution in [-0.2, 0) is 11.8 Å². The molecule has 1 aliphatic rings. The lowest BCUT2D eigenvalue weighted by molar-refractivity contribution is 0.589. The van der Waals surface area contributed by atoms with E-state index in [4.69, 9.17) is 0 Å². The zero-order valence-electron chi connectivity index (χ0n) is 10.5. The van der Waals surface area contributed by atoms with Gasteiger partial charge in [-0.2, -0.15) is 0 Å². The molecule has 1 aromatic rings. The Morgan fingerprint density at radius 3 is 2.50 bits per heavy atom. The third kappa shape index (κ3) is 2.10. The largest absolute Gasteiger partial charge is 0.0654 e. The van der Waals surface area contributed by atoms with E-state index in [1.807, 2.05) is 0 Å². The van der Waals surface area contributed by atoms with Crippen LogP contribution in [0.2, 0.25) is 0 Å². The normalized spacial score (nSPS) is 14.9.